The van der Waals surface area contributed by atoms with E-state index in [0.717, 1.165) is 3.57 Å². The van der Waals surface area contributed by atoms with Gasteiger partial charge in [-0.2, -0.15) is 0 Å². The summed E-state index contributed by atoms with van der Waals surface area (Å²) in [7, 11) is 0. The summed E-state index contributed by atoms with van der Waals surface area (Å²) in [6, 6.07) is 8.30. The molecular formula is C14H8ClIN2O3. The van der Waals surface area contributed by atoms with E-state index >= 15 is 0 Å². The van der Waals surface area contributed by atoms with Crippen molar-refractivity contribution in [2.45, 2.75) is 0 Å². The molecule has 2 aromatic heterocycles. The Bertz CT molecular complexity index is 881. The summed E-state index contributed by atoms with van der Waals surface area (Å²) in [6.45, 7) is 0. The zero-order valence-corrected chi connectivity index (χ0v) is 13.3. The summed E-state index contributed by atoms with van der Waals surface area (Å²) in [4.78, 5) is 18.6. The Labute approximate surface area is 137 Å². The second kappa shape index (κ2) is 5.53. The number of hydrogen-bond donors (Lipinski definition) is 2. The fourth-order valence-electron chi connectivity index (χ4n) is 1.86. The molecule has 0 saturated carbocycles. The fourth-order valence-corrected chi connectivity index (χ4v) is 2.49. The van der Waals surface area contributed by atoms with Crippen LogP contribution in [0.1, 0.15) is 0 Å². The third-order valence-electron chi connectivity index (χ3n) is 2.83. The number of nitrogens with one attached hydrogen (secondary N) is 1. The minimum absolute atomic E-state index is 0.195. The van der Waals surface area contributed by atoms with Gasteiger partial charge >= 0.3 is 0 Å². The van der Waals surface area contributed by atoms with E-state index in [9.17, 15) is 9.90 Å². The average Bonchev–Trinajstić information content (AvgIpc) is 2.47. The Balaban J connectivity index is 2.20. The average molecular weight is 415 g/mol. The maximum atomic E-state index is 12.0. The second-order valence-corrected chi connectivity index (χ2v) is 5.78. The molecule has 0 aliphatic carbocycles. The van der Waals surface area contributed by atoms with E-state index in [1.165, 1.54) is 6.20 Å². The van der Waals surface area contributed by atoms with Crippen LogP contribution in [0.3, 0.4) is 0 Å². The van der Waals surface area contributed by atoms with Gasteiger partial charge in [-0.1, -0.05) is 17.7 Å². The van der Waals surface area contributed by atoms with Crippen molar-refractivity contribution in [2.24, 2.45) is 0 Å². The molecule has 7 heteroatoms. The van der Waals surface area contributed by atoms with Crippen molar-refractivity contribution in [3.63, 3.8) is 0 Å². The van der Waals surface area contributed by atoms with Gasteiger partial charge in [-0.3, -0.25) is 4.79 Å². The Hall–Kier alpha value is -1.80. The number of ether oxygens (including phenoxy) is 1. The molecule has 0 spiro atoms. The number of rotatable bonds is 2. The van der Waals surface area contributed by atoms with E-state index in [1.807, 2.05) is 22.6 Å². The van der Waals surface area contributed by atoms with Crippen LogP contribution in [0, 0.1) is 3.57 Å². The number of aromatic nitrogens is 2. The van der Waals surface area contributed by atoms with Crippen LogP contribution in [0.2, 0.25) is 5.02 Å². The lowest BCUT2D eigenvalue weighted by molar-refractivity contribution is 0.401. The van der Waals surface area contributed by atoms with Gasteiger partial charge in [0.05, 0.1) is 10.5 Å². The van der Waals surface area contributed by atoms with Crippen LogP contribution in [0.5, 0.6) is 17.4 Å². The summed E-state index contributed by atoms with van der Waals surface area (Å²) in [6.07, 6.45) is 1.53. The van der Waals surface area contributed by atoms with Crippen molar-refractivity contribution in [3.8, 4) is 17.4 Å². The Morgan fingerprint density at radius 2 is 2.14 bits per heavy atom. The molecule has 0 amide bonds. The molecule has 0 saturated heterocycles. The highest BCUT2D eigenvalue weighted by molar-refractivity contribution is 14.1. The van der Waals surface area contributed by atoms with Gasteiger partial charge in [0.25, 0.3) is 5.56 Å². The number of nitrogens with zero attached hydrogens (tertiary/aromatic N) is 1. The van der Waals surface area contributed by atoms with Crippen molar-refractivity contribution in [3.05, 3.63) is 55.5 Å². The molecule has 21 heavy (non-hydrogen) atoms. The normalized spacial score (nSPS) is 10.8. The van der Waals surface area contributed by atoms with Crippen molar-refractivity contribution in [1.82, 2.24) is 9.97 Å². The molecule has 5 nitrogen and oxygen atoms in total. The van der Waals surface area contributed by atoms with Crippen LogP contribution in [-0.4, -0.2) is 15.1 Å². The lowest BCUT2D eigenvalue weighted by Gasteiger charge is -2.09. The minimum Gasteiger partial charge on any atom is -0.504 e. The maximum absolute atomic E-state index is 12.0. The van der Waals surface area contributed by atoms with Gasteiger partial charge in [-0.15, -0.1) is 0 Å². The number of hydrogen-bond acceptors (Lipinski definition) is 4. The fraction of sp³-hybridized carbons (Fsp3) is 0. The van der Waals surface area contributed by atoms with E-state index in [-0.39, 0.29) is 17.4 Å². The van der Waals surface area contributed by atoms with Crippen LogP contribution >= 0.6 is 34.2 Å². The van der Waals surface area contributed by atoms with Gasteiger partial charge in [0.2, 0.25) is 11.6 Å². The van der Waals surface area contributed by atoms with Crippen LogP contribution in [-0.2, 0) is 0 Å². The first-order valence-electron chi connectivity index (χ1n) is 5.89. The summed E-state index contributed by atoms with van der Waals surface area (Å²) >= 11 is 8.05. The van der Waals surface area contributed by atoms with E-state index in [0.29, 0.717) is 15.9 Å². The first kappa shape index (κ1) is 14.2. The summed E-state index contributed by atoms with van der Waals surface area (Å²) < 4.78 is 6.14. The predicted molar refractivity (Wildman–Crippen MR) is 88.3 cm³/mol. The molecular weight excluding hydrogens is 407 g/mol. The molecule has 2 N–H and O–H groups in total. The molecule has 0 unspecified atom stereocenters. The van der Waals surface area contributed by atoms with Crippen molar-refractivity contribution in [1.29, 1.82) is 0 Å². The molecule has 3 rings (SSSR count). The van der Waals surface area contributed by atoms with E-state index in [2.05, 4.69) is 9.97 Å². The van der Waals surface area contributed by atoms with Crippen LogP contribution in [0.15, 0.2) is 41.3 Å². The third kappa shape index (κ3) is 2.68. The SMILES string of the molecule is O=c1[nH]c2cc(Cl)c(I)cc2c(O)c1Oc1ccccn1. The van der Waals surface area contributed by atoms with E-state index in [4.69, 9.17) is 16.3 Å². The van der Waals surface area contributed by atoms with Crippen molar-refractivity contribution in [2.75, 3.05) is 0 Å². The highest BCUT2D eigenvalue weighted by Gasteiger charge is 2.16. The Kier molecular flexibility index (Phi) is 3.73. The molecule has 0 atom stereocenters. The number of H-pyrrole nitrogens is 1. The standard InChI is InChI=1S/C14H8ClIN2O3/c15-8-6-10-7(5-9(8)16)12(19)13(14(20)18-10)21-11-3-1-2-4-17-11/h1-6H,(H2,18,19,20). The van der Waals surface area contributed by atoms with Crippen LogP contribution < -0.4 is 10.3 Å². The van der Waals surface area contributed by atoms with Gasteiger partial charge in [-0.25, -0.2) is 4.98 Å². The first-order valence-corrected chi connectivity index (χ1v) is 7.35. The molecule has 1 aromatic carbocycles. The largest absolute Gasteiger partial charge is 0.504 e. The minimum atomic E-state index is -0.553. The van der Waals surface area contributed by atoms with Crippen LogP contribution in [0.25, 0.3) is 10.9 Å². The predicted octanol–water partition coefficient (Wildman–Crippen LogP) is 3.68. The molecule has 3 aromatic rings. The first-order chi connectivity index (χ1) is 10.1. The number of pyridine rings is 2. The highest BCUT2D eigenvalue weighted by Crippen LogP contribution is 2.35. The monoisotopic (exact) mass is 414 g/mol. The zero-order valence-electron chi connectivity index (χ0n) is 10.4. The lowest BCUT2D eigenvalue weighted by Crippen LogP contribution is -2.09. The number of fused-ring (bicyclic) bond motifs is 1. The van der Waals surface area contributed by atoms with E-state index < -0.39 is 5.56 Å². The maximum Gasteiger partial charge on any atom is 0.295 e. The highest BCUT2D eigenvalue weighted by atomic mass is 127. The summed E-state index contributed by atoms with van der Waals surface area (Å²) in [5.74, 6) is -0.213. The van der Waals surface area contributed by atoms with Gasteiger partial charge in [-0.05, 0) is 40.8 Å². The Morgan fingerprint density at radius 1 is 1.33 bits per heavy atom. The van der Waals surface area contributed by atoms with Gasteiger partial charge in [0.15, 0.2) is 5.75 Å². The quantitative estimate of drug-likeness (QED) is 0.627. The van der Waals surface area contributed by atoms with E-state index in [1.54, 1.807) is 30.3 Å². The second-order valence-electron chi connectivity index (χ2n) is 4.21. The molecule has 0 aliphatic rings. The molecule has 2 heterocycles. The molecule has 106 valence electrons. The topological polar surface area (TPSA) is 75.2 Å². The number of aromatic hydroxyl groups is 1. The Morgan fingerprint density at radius 3 is 2.86 bits per heavy atom. The number of benzene rings is 1. The molecule has 0 fully saturated rings. The van der Waals surface area contributed by atoms with Crippen molar-refractivity contribution < 1.29 is 9.84 Å². The smallest absolute Gasteiger partial charge is 0.295 e. The molecule has 0 bridgehead atoms. The summed E-state index contributed by atoms with van der Waals surface area (Å²) in [5, 5.41) is 11.2. The molecule has 0 radical (unpaired) electrons. The van der Waals surface area contributed by atoms with Gasteiger partial charge in [0, 0.05) is 21.2 Å². The van der Waals surface area contributed by atoms with Gasteiger partial charge < -0.3 is 14.8 Å². The van der Waals surface area contributed by atoms with Crippen molar-refractivity contribution >= 4 is 45.1 Å². The number of aromatic amines is 1. The lowest BCUT2D eigenvalue weighted by atomic mass is 10.2. The molecule has 0 aliphatic heterocycles. The zero-order chi connectivity index (χ0) is 15.0. The third-order valence-corrected chi connectivity index (χ3v) is 4.35. The van der Waals surface area contributed by atoms with Gasteiger partial charge in [0.1, 0.15) is 0 Å². The number of halogens is 2. The van der Waals surface area contributed by atoms with Crippen LogP contribution in [0.4, 0.5) is 0 Å². The summed E-state index contributed by atoms with van der Waals surface area (Å²) in [5.41, 5.74) is -0.112.